The molecule has 1 saturated carbocycles. The van der Waals surface area contributed by atoms with Crippen molar-refractivity contribution in [2.45, 2.75) is 38.3 Å². The maximum atomic E-state index is 12.3. The molecule has 5 rings (SSSR count). The molecule has 2 aliphatic rings. The lowest BCUT2D eigenvalue weighted by Crippen LogP contribution is -2.27. The van der Waals surface area contributed by atoms with Crippen LogP contribution in [-0.4, -0.2) is 56.2 Å². The molecule has 2 fully saturated rings. The fourth-order valence-corrected chi connectivity index (χ4v) is 4.61. The number of carbonyl (C=O) groups is 2. The van der Waals surface area contributed by atoms with E-state index in [9.17, 15) is 9.59 Å². The summed E-state index contributed by atoms with van der Waals surface area (Å²) in [6, 6.07) is 4.55. The van der Waals surface area contributed by atoms with Gasteiger partial charge in [0, 0.05) is 31.7 Å². The molecule has 0 radical (unpaired) electrons. The standard InChI is InChI=1S/C25H27N7O2/c1-4-22(33)30-10-9-18(13-30)32-25(27-3)23(24(26)34)19(29-32)8-5-16-12-20-21(11-15(16)2)31(14-28-20)17-6-7-17/h4,11-12,14,17-18,27H,1,6-7,9-10,13H2,2-3H3,(H2,26,34)/t18-/m0/s1. The Bertz CT molecular complexity index is 1380. The lowest BCUT2D eigenvalue weighted by molar-refractivity contribution is -0.125. The number of nitrogens with two attached hydrogens (primary N) is 1. The first-order chi connectivity index (χ1) is 16.4. The number of hydrogen-bond donors (Lipinski definition) is 2. The number of imidazole rings is 1. The van der Waals surface area contributed by atoms with Gasteiger partial charge in [-0.3, -0.25) is 9.59 Å². The number of carbonyl (C=O) groups excluding carboxylic acids is 2. The van der Waals surface area contributed by atoms with E-state index in [2.05, 4.69) is 44.5 Å². The highest BCUT2D eigenvalue weighted by atomic mass is 16.2. The van der Waals surface area contributed by atoms with E-state index in [0.717, 1.165) is 22.2 Å². The van der Waals surface area contributed by atoms with Gasteiger partial charge in [-0.25, -0.2) is 9.67 Å². The van der Waals surface area contributed by atoms with Crippen LogP contribution in [0.2, 0.25) is 0 Å². The van der Waals surface area contributed by atoms with Gasteiger partial charge in [-0.2, -0.15) is 5.10 Å². The van der Waals surface area contributed by atoms with Gasteiger partial charge in [-0.1, -0.05) is 12.5 Å². The number of rotatable bonds is 5. The highest BCUT2D eigenvalue weighted by Gasteiger charge is 2.31. The number of primary amides is 1. The van der Waals surface area contributed by atoms with Crippen molar-refractivity contribution in [1.29, 1.82) is 0 Å². The topological polar surface area (TPSA) is 111 Å². The number of nitrogens with one attached hydrogen (secondary N) is 1. The van der Waals surface area contributed by atoms with Crippen molar-refractivity contribution in [3.63, 3.8) is 0 Å². The van der Waals surface area contributed by atoms with Gasteiger partial charge in [0.05, 0.1) is 23.4 Å². The summed E-state index contributed by atoms with van der Waals surface area (Å²) in [6.45, 7) is 6.65. The van der Waals surface area contributed by atoms with Crippen molar-refractivity contribution in [3.8, 4) is 11.8 Å². The SMILES string of the molecule is C=CC(=O)N1CC[C@H](n2nc(C#Cc3cc4ncn(C5CC5)c4cc3C)c(C(N)=O)c2NC)C1. The Morgan fingerprint density at radius 3 is 2.71 bits per heavy atom. The Morgan fingerprint density at radius 1 is 1.24 bits per heavy atom. The Labute approximate surface area is 197 Å². The molecule has 2 aromatic heterocycles. The lowest BCUT2D eigenvalue weighted by Gasteiger charge is -2.16. The molecule has 1 atom stereocenters. The zero-order valence-electron chi connectivity index (χ0n) is 19.3. The average molecular weight is 458 g/mol. The zero-order chi connectivity index (χ0) is 24.0. The van der Waals surface area contributed by atoms with Gasteiger partial charge in [-0.15, -0.1) is 0 Å². The summed E-state index contributed by atoms with van der Waals surface area (Å²) in [5, 5.41) is 7.69. The van der Waals surface area contributed by atoms with Crippen molar-refractivity contribution in [2.75, 3.05) is 25.5 Å². The van der Waals surface area contributed by atoms with Crippen molar-refractivity contribution in [2.24, 2.45) is 5.73 Å². The number of benzene rings is 1. The number of fused-ring (bicyclic) bond motifs is 1. The summed E-state index contributed by atoms with van der Waals surface area (Å²) in [7, 11) is 1.72. The highest BCUT2D eigenvalue weighted by molar-refractivity contribution is 6.00. The van der Waals surface area contributed by atoms with E-state index in [-0.39, 0.29) is 17.5 Å². The van der Waals surface area contributed by atoms with E-state index < -0.39 is 5.91 Å². The molecule has 1 aromatic carbocycles. The fourth-order valence-electron chi connectivity index (χ4n) is 4.61. The van der Waals surface area contributed by atoms with Crippen LogP contribution in [0.5, 0.6) is 0 Å². The molecule has 0 bridgehead atoms. The normalized spacial score (nSPS) is 17.5. The predicted octanol–water partition coefficient (Wildman–Crippen LogP) is 2.38. The summed E-state index contributed by atoms with van der Waals surface area (Å²) in [6.07, 6.45) is 6.30. The molecule has 2 amide bonds. The average Bonchev–Trinajstić information content (AvgIpc) is 3.24. The first kappa shape index (κ1) is 21.8. The van der Waals surface area contributed by atoms with Crippen LogP contribution in [0.4, 0.5) is 5.82 Å². The number of hydrogen-bond acceptors (Lipinski definition) is 5. The van der Waals surface area contributed by atoms with Gasteiger partial charge in [0.25, 0.3) is 5.91 Å². The first-order valence-corrected chi connectivity index (χ1v) is 11.4. The van der Waals surface area contributed by atoms with Crippen LogP contribution in [0.25, 0.3) is 11.0 Å². The largest absolute Gasteiger partial charge is 0.373 e. The highest BCUT2D eigenvalue weighted by Crippen LogP contribution is 2.37. The molecule has 174 valence electrons. The number of nitrogens with zero attached hydrogens (tertiary/aromatic N) is 5. The summed E-state index contributed by atoms with van der Waals surface area (Å²) >= 11 is 0. The first-order valence-electron chi connectivity index (χ1n) is 11.4. The molecular formula is C25H27N7O2. The van der Waals surface area contributed by atoms with E-state index in [0.29, 0.717) is 37.1 Å². The zero-order valence-corrected chi connectivity index (χ0v) is 19.3. The Kier molecular flexibility index (Phi) is 5.36. The number of anilines is 1. The van der Waals surface area contributed by atoms with Crippen LogP contribution < -0.4 is 11.1 Å². The van der Waals surface area contributed by atoms with Crippen LogP contribution in [0.15, 0.2) is 31.1 Å². The van der Waals surface area contributed by atoms with Crippen LogP contribution in [0, 0.1) is 18.8 Å². The van der Waals surface area contributed by atoms with Crippen molar-refractivity contribution >= 4 is 28.7 Å². The number of aromatic nitrogens is 4. The Balaban J connectivity index is 1.51. The lowest BCUT2D eigenvalue weighted by atomic mass is 10.1. The number of aryl methyl sites for hydroxylation is 1. The monoisotopic (exact) mass is 457 g/mol. The molecule has 0 spiro atoms. The summed E-state index contributed by atoms with van der Waals surface area (Å²) in [5.41, 5.74) is 10.2. The second kappa shape index (κ2) is 8.37. The van der Waals surface area contributed by atoms with Crippen molar-refractivity contribution in [1.82, 2.24) is 24.2 Å². The minimum Gasteiger partial charge on any atom is -0.373 e. The van der Waals surface area contributed by atoms with E-state index in [4.69, 9.17) is 5.73 Å². The van der Waals surface area contributed by atoms with Crippen LogP contribution in [0.3, 0.4) is 0 Å². The van der Waals surface area contributed by atoms with Crippen LogP contribution in [-0.2, 0) is 4.79 Å². The molecule has 9 heteroatoms. The molecule has 3 heterocycles. The molecule has 9 nitrogen and oxygen atoms in total. The quantitative estimate of drug-likeness (QED) is 0.451. The van der Waals surface area contributed by atoms with Crippen molar-refractivity contribution in [3.05, 3.63) is 53.5 Å². The maximum absolute atomic E-state index is 12.3. The number of likely N-dealkylation sites (tertiary alicyclic amines) is 1. The Morgan fingerprint density at radius 2 is 2.03 bits per heavy atom. The number of amides is 2. The van der Waals surface area contributed by atoms with Crippen molar-refractivity contribution < 1.29 is 9.59 Å². The molecule has 1 saturated heterocycles. The van der Waals surface area contributed by atoms with Gasteiger partial charge in [0.15, 0.2) is 5.69 Å². The minimum atomic E-state index is -0.604. The maximum Gasteiger partial charge on any atom is 0.255 e. The van der Waals surface area contributed by atoms with Crippen LogP contribution in [0.1, 0.15) is 58.5 Å². The molecule has 0 unspecified atom stereocenters. The van der Waals surface area contributed by atoms with Gasteiger partial charge in [0.2, 0.25) is 5.91 Å². The van der Waals surface area contributed by atoms with Gasteiger partial charge < -0.3 is 20.5 Å². The second-order valence-electron chi connectivity index (χ2n) is 8.85. The van der Waals surface area contributed by atoms with Crippen LogP contribution >= 0.6 is 0 Å². The summed E-state index contributed by atoms with van der Waals surface area (Å²) in [4.78, 5) is 30.6. The Hall–Kier alpha value is -4.06. The minimum absolute atomic E-state index is 0.0931. The molecule has 1 aliphatic carbocycles. The molecule has 34 heavy (non-hydrogen) atoms. The predicted molar refractivity (Wildman–Crippen MR) is 129 cm³/mol. The summed E-state index contributed by atoms with van der Waals surface area (Å²) < 4.78 is 3.96. The molecular weight excluding hydrogens is 430 g/mol. The van der Waals surface area contributed by atoms with E-state index in [1.807, 2.05) is 19.3 Å². The van der Waals surface area contributed by atoms with Gasteiger partial charge >= 0.3 is 0 Å². The van der Waals surface area contributed by atoms with E-state index in [1.165, 1.54) is 18.9 Å². The smallest absolute Gasteiger partial charge is 0.255 e. The second-order valence-corrected chi connectivity index (χ2v) is 8.85. The summed E-state index contributed by atoms with van der Waals surface area (Å²) in [5.74, 6) is 6.02. The van der Waals surface area contributed by atoms with Gasteiger partial charge in [-0.05, 0) is 55.9 Å². The molecule has 3 N–H and O–H groups in total. The van der Waals surface area contributed by atoms with E-state index in [1.54, 1.807) is 16.6 Å². The van der Waals surface area contributed by atoms with Gasteiger partial charge in [0.1, 0.15) is 11.4 Å². The van der Waals surface area contributed by atoms with E-state index >= 15 is 0 Å². The third-order valence-corrected chi connectivity index (χ3v) is 6.57. The third-order valence-electron chi connectivity index (χ3n) is 6.57. The fraction of sp³-hybridized carbons (Fsp3) is 0.360. The molecule has 1 aliphatic heterocycles. The molecule has 3 aromatic rings. The third kappa shape index (κ3) is 3.71.